The van der Waals surface area contributed by atoms with Crippen molar-refractivity contribution < 1.29 is 8.78 Å². The summed E-state index contributed by atoms with van der Waals surface area (Å²) < 4.78 is 27.1. The number of nitrogens with zero attached hydrogens (tertiary/aromatic N) is 2. The van der Waals surface area contributed by atoms with Crippen molar-refractivity contribution in [2.45, 2.75) is 17.1 Å². The number of halogens is 2. The summed E-state index contributed by atoms with van der Waals surface area (Å²) in [5.74, 6) is -1.70. The fourth-order valence-corrected chi connectivity index (χ4v) is 2.19. The highest BCUT2D eigenvalue weighted by Crippen LogP contribution is 2.27. The van der Waals surface area contributed by atoms with Crippen molar-refractivity contribution in [3.05, 3.63) is 34.1 Å². The molecule has 2 heterocycles. The molecule has 0 bridgehead atoms. The van der Waals surface area contributed by atoms with E-state index in [4.69, 9.17) is 5.73 Å². The lowest BCUT2D eigenvalue weighted by atomic mass is 10.4. The van der Waals surface area contributed by atoms with Gasteiger partial charge in [-0.2, -0.15) is 0 Å². The molecule has 0 radical (unpaired) electrons. The molecule has 4 N–H and O–H groups in total. The SMILES string of the molecule is CCNc1nc(Sc2nc(N)cc(=O)[nH]2)c(F)cc1F. The Morgan fingerprint density at radius 2 is 2.10 bits per heavy atom. The molecular formula is C11H11F2N5OS. The van der Waals surface area contributed by atoms with Crippen LogP contribution in [0.2, 0.25) is 0 Å². The molecule has 0 spiro atoms. The number of hydrogen-bond acceptors (Lipinski definition) is 6. The van der Waals surface area contributed by atoms with Crippen molar-refractivity contribution in [3.63, 3.8) is 0 Å². The second-order valence-electron chi connectivity index (χ2n) is 3.71. The van der Waals surface area contributed by atoms with E-state index < -0.39 is 17.2 Å². The molecule has 0 aliphatic rings. The average molecular weight is 299 g/mol. The van der Waals surface area contributed by atoms with Crippen molar-refractivity contribution in [2.75, 3.05) is 17.6 Å². The topological polar surface area (TPSA) is 96.7 Å². The molecule has 0 unspecified atom stereocenters. The maximum Gasteiger partial charge on any atom is 0.253 e. The van der Waals surface area contributed by atoms with Crippen LogP contribution in [0, 0.1) is 11.6 Å². The van der Waals surface area contributed by atoms with E-state index in [0.717, 1.165) is 23.9 Å². The summed E-state index contributed by atoms with van der Waals surface area (Å²) in [6.45, 7) is 2.20. The fraction of sp³-hybridized carbons (Fsp3) is 0.182. The van der Waals surface area contributed by atoms with Crippen molar-refractivity contribution in [3.8, 4) is 0 Å². The molecule has 2 aromatic heterocycles. The minimum atomic E-state index is -0.848. The minimum Gasteiger partial charge on any atom is -0.383 e. The number of aromatic nitrogens is 3. The Balaban J connectivity index is 2.37. The van der Waals surface area contributed by atoms with E-state index in [1.54, 1.807) is 6.92 Å². The number of anilines is 2. The summed E-state index contributed by atoms with van der Waals surface area (Å²) in [5, 5.41) is 2.63. The molecule has 0 saturated heterocycles. The number of hydrogen-bond donors (Lipinski definition) is 3. The molecular weight excluding hydrogens is 288 g/mol. The Labute approximate surface area is 116 Å². The van der Waals surface area contributed by atoms with Gasteiger partial charge in [0, 0.05) is 18.7 Å². The monoisotopic (exact) mass is 299 g/mol. The average Bonchev–Trinajstić information content (AvgIpc) is 2.34. The first-order valence-corrected chi connectivity index (χ1v) is 6.46. The highest BCUT2D eigenvalue weighted by Gasteiger charge is 2.14. The van der Waals surface area contributed by atoms with E-state index in [-0.39, 0.29) is 21.8 Å². The predicted octanol–water partition coefficient (Wildman–Crippen LogP) is 1.61. The Kier molecular flexibility index (Phi) is 4.18. The van der Waals surface area contributed by atoms with Gasteiger partial charge in [0.1, 0.15) is 10.8 Å². The molecule has 0 aliphatic carbocycles. The molecule has 0 aromatic carbocycles. The molecule has 6 nitrogen and oxygen atoms in total. The first-order valence-electron chi connectivity index (χ1n) is 5.64. The van der Waals surface area contributed by atoms with Crippen LogP contribution in [-0.4, -0.2) is 21.5 Å². The molecule has 0 amide bonds. The van der Waals surface area contributed by atoms with Crippen molar-refractivity contribution in [1.82, 2.24) is 15.0 Å². The molecule has 9 heteroatoms. The van der Waals surface area contributed by atoms with Gasteiger partial charge in [-0.25, -0.2) is 18.7 Å². The first kappa shape index (κ1) is 14.3. The number of nitrogen functional groups attached to an aromatic ring is 1. The summed E-state index contributed by atoms with van der Waals surface area (Å²) in [5.41, 5.74) is 4.96. The Bertz CT molecular complexity index is 691. The van der Waals surface area contributed by atoms with E-state index in [2.05, 4.69) is 20.3 Å². The normalized spacial score (nSPS) is 10.6. The number of pyridine rings is 1. The molecule has 106 valence electrons. The van der Waals surface area contributed by atoms with Crippen LogP contribution in [-0.2, 0) is 0 Å². The van der Waals surface area contributed by atoms with Gasteiger partial charge < -0.3 is 16.0 Å². The highest BCUT2D eigenvalue weighted by molar-refractivity contribution is 7.99. The van der Waals surface area contributed by atoms with Gasteiger partial charge in [-0.3, -0.25) is 4.79 Å². The molecule has 20 heavy (non-hydrogen) atoms. The lowest BCUT2D eigenvalue weighted by Gasteiger charge is -2.07. The Hall–Kier alpha value is -2.16. The number of aromatic amines is 1. The largest absolute Gasteiger partial charge is 0.383 e. The molecule has 0 atom stereocenters. The van der Waals surface area contributed by atoms with E-state index in [1.807, 2.05) is 0 Å². The van der Waals surface area contributed by atoms with Gasteiger partial charge in [-0.05, 0) is 18.7 Å². The summed E-state index contributed by atoms with van der Waals surface area (Å²) >= 11 is 0.752. The zero-order valence-corrected chi connectivity index (χ0v) is 11.2. The minimum absolute atomic E-state index is 0.00526. The Morgan fingerprint density at radius 1 is 1.35 bits per heavy atom. The van der Waals surface area contributed by atoms with Crippen LogP contribution < -0.4 is 16.6 Å². The van der Waals surface area contributed by atoms with E-state index in [1.165, 1.54) is 0 Å². The third kappa shape index (κ3) is 3.23. The molecule has 2 rings (SSSR count). The van der Waals surface area contributed by atoms with Gasteiger partial charge in [0.15, 0.2) is 22.6 Å². The van der Waals surface area contributed by atoms with E-state index in [0.29, 0.717) is 6.54 Å². The molecule has 0 aliphatic heterocycles. The quantitative estimate of drug-likeness (QED) is 0.742. The number of H-pyrrole nitrogens is 1. The van der Waals surface area contributed by atoms with Crippen LogP contribution in [0.4, 0.5) is 20.4 Å². The standard InChI is InChI=1S/C11H11F2N5OS/c1-2-15-9-5(12)3-6(13)10(18-9)20-11-16-7(14)4-8(19)17-11/h3-4H,2H2,1H3,(H,15,18)(H3,14,16,17,19). The maximum atomic E-state index is 13.7. The van der Waals surface area contributed by atoms with Crippen molar-refractivity contribution in [2.24, 2.45) is 0 Å². The van der Waals surface area contributed by atoms with Gasteiger partial charge in [0.05, 0.1) is 0 Å². The van der Waals surface area contributed by atoms with Crippen LogP contribution in [0.15, 0.2) is 27.1 Å². The highest BCUT2D eigenvalue weighted by atomic mass is 32.2. The molecule has 0 fully saturated rings. The van der Waals surface area contributed by atoms with Crippen LogP contribution >= 0.6 is 11.8 Å². The van der Waals surface area contributed by atoms with Gasteiger partial charge in [-0.1, -0.05) is 0 Å². The van der Waals surface area contributed by atoms with Gasteiger partial charge in [0.2, 0.25) is 0 Å². The van der Waals surface area contributed by atoms with Crippen LogP contribution in [0.25, 0.3) is 0 Å². The third-order valence-corrected chi connectivity index (χ3v) is 3.04. The summed E-state index contributed by atoms with van der Waals surface area (Å²) in [7, 11) is 0. The van der Waals surface area contributed by atoms with Crippen LogP contribution in [0.5, 0.6) is 0 Å². The summed E-state index contributed by atoms with van der Waals surface area (Å²) in [6.07, 6.45) is 0. The molecule has 2 aromatic rings. The smallest absolute Gasteiger partial charge is 0.253 e. The lowest BCUT2D eigenvalue weighted by Crippen LogP contribution is -2.10. The first-order chi connectivity index (χ1) is 9.49. The number of nitrogens with one attached hydrogen (secondary N) is 2. The number of nitrogens with two attached hydrogens (primary N) is 1. The van der Waals surface area contributed by atoms with Gasteiger partial charge in [0.25, 0.3) is 5.56 Å². The van der Waals surface area contributed by atoms with Crippen LogP contribution in [0.3, 0.4) is 0 Å². The van der Waals surface area contributed by atoms with E-state index in [9.17, 15) is 13.6 Å². The zero-order valence-electron chi connectivity index (χ0n) is 10.4. The summed E-state index contributed by atoms with van der Waals surface area (Å²) in [4.78, 5) is 21.3. The van der Waals surface area contributed by atoms with E-state index >= 15 is 0 Å². The maximum absolute atomic E-state index is 13.7. The third-order valence-electron chi connectivity index (χ3n) is 2.17. The summed E-state index contributed by atoms with van der Waals surface area (Å²) in [6, 6.07) is 1.82. The van der Waals surface area contributed by atoms with Crippen LogP contribution in [0.1, 0.15) is 6.92 Å². The zero-order chi connectivity index (χ0) is 14.7. The van der Waals surface area contributed by atoms with Gasteiger partial charge >= 0.3 is 0 Å². The Morgan fingerprint density at radius 3 is 2.75 bits per heavy atom. The second kappa shape index (κ2) is 5.87. The number of rotatable bonds is 4. The second-order valence-corrected chi connectivity index (χ2v) is 4.69. The lowest BCUT2D eigenvalue weighted by molar-refractivity contribution is 0.551. The predicted molar refractivity (Wildman–Crippen MR) is 71.7 cm³/mol. The fourth-order valence-electron chi connectivity index (χ4n) is 1.41. The van der Waals surface area contributed by atoms with Crippen molar-refractivity contribution >= 4 is 23.4 Å². The van der Waals surface area contributed by atoms with Crippen molar-refractivity contribution in [1.29, 1.82) is 0 Å². The van der Waals surface area contributed by atoms with Gasteiger partial charge in [-0.15, -0.1) is 0 Å². The molecule has 0 saturated carbocycles.